The monoisotopic (exact) mass is 408 g/mol. The van der Waals surface area contributed by atoms with E-state index in [0.29, 0.717) is 22.5 Å². The molecule has 0 radical (unpaired) electrons. The van der Waals surface area contributed by atoms with E-state index in [9.17, 15) is 9.59 Å². The van der Waals surface area contributed by atoms with Crippen molar-refractivity contribution in [1.82, 2.24) is 4.57 Å². The van der Waals surface area contributed by atoms with Gasteiger partial charge in [0, 0.05) is 12.1 Å². The van der Waals surface area contributed by atoms with E-state index in [1.165, 1.54) is 18.4 Å². The number of amides is 1. The second-order valence-electron chi connectivity index (χ2n) is 7.70. The molecular formula is C23H24N2O3S. The minimum absolute atomic E-state index is 0.0223. The summed E-state index contributed by atoms with van der Waals surface area (Å²) in [6, 6.07) is 12.9. The molecule has 150 valence electrons. The molecule has 0 atom stereocenters. The number of ether oxygens (including phenoxy) is 1. The zero-order chi connectivity index (χ0) is 21.2. The minimum atomic E-state index is -0.399. The lowest BCUT2D eigenvalue weighted by molar-refractivity contribution is 0.0601. The van der Waals surface area contributed by atoms with Crippen LogP contribution >= 0.6 is 11.3 Å². The molecule has 1 heterocycles. The molecule has 0 spiro atoms. The van der Waals surface area contributed by atoms with Gasteiger partial charge in [0.05, 0.1) is 22.9 Å². The van der Waals surface area contributed by atoms with Crippen LogP contribution in [0.4, 0.5) is 0 Å². The molecule has 0 N–H and O–H groups in total. The molecule has 3 rings (SSSR count). The van der Waals surface area contributed by atoms with Crippen LogP contribution in [0.5, 0.6) is 0 Å². The molecule has 0 bridgehead atoms. The van der Waals surface area contributed by atoms with Gasteiger partial charge in [-0.15, -0.1) is 6.58 Å². The van der Waals surface area contributed by atoms with Crippen LogP contribution in [0.25, 0.3) is 10.2 Å². The highest BCUT2D eigenvalue weighted by atomic mass is 32.1. The summed E-state index contributed by atoms with van der Waals surface area (Å²) in [7, 11) is 1.35. The highest BCUT2D eigenvalue weighted by molar-refractivity contribution is 7.16. The number of carbonyl (C=O) groups excluding carboxylic acids is 2. The van der Waals surface area contributed by atoms with Gasteiger partial charge in [0.1, 0.15) is 0 Å². The predicted octanol–water partition coefficient (Wildman–Crippen LogP) is 4.71. The van der Waals surface area contributed by atoms with E-state index < -0.39 is 5.97 Å². The Morgan fingerprint density at radius 1 is 1.14 bits per heavy atom. The van der Waals surface area contributed by atoms with Crippen LogP contribution in [-0.4, -0.2) is 23.6 Å². The topological polar surface area (TPSA) is 60.7 Å². The summed E-state index contributed by atoms with van der Waals surface area (Å²) in [6.45, 7) is 10.7. The van der Waals surface area contributed by atoms with E-state index in [0.717, 1.165) is 15.8 Å². The zero-order valence-electron chi connectivity index (χ0n) is 17.1. The van der Waals surface area contributed by atoms with Gasteiger partial charge >= 0.3 is 5.97 Å². The summed E-state index contributed by atoms with van der Waals surface area (Å²) in [5.74, 6) is -0.702. The average molecular weight is 409 g/mol. The summed E-state index contributed by atoms with van der Waals surface area (Å²) >= 11 is 1.36. The molecule has 5 nitrogen and oxygen atoms in total. The van der Waals surface area contributed by atoms with Crippen molar-refractivity contribution in [3.05, 3.63) is 76.6 Å². The Labute approximate surface area is 174 Å². The van der Waals surface area contributed by atoms with Crippen molar-refractivity contribution in [3.8, 4) is 0 Å². The number of aromatic nitrogens is 1. The summed E-state index contributed by atoms with van der Waals surface area (Å²) in [6.07, 6.45) is 1.75. The number of hydrogen-bond donors (Lipinski definition) is 0. The van der Waals surface area contributed by atoms with Crippen LogP contribution in [0.3, 0.4) is 0 Å². The number of esters is 1. The normalized spacial score (nSPS) is 12.2. The number of carbonyl (C=O) groups is 2. The lowest BCUT2D eigenvalue weighted by Gasteiger charge is -2.18. The van der Waals surface area contributed by atoms with Crippen LogP contribution in [0, 0.1) is 0 Å². The molecule has 0 aliphatic carbocycles. The van der Waals surface area contributed by atoms with Gasteiger partial charge in [0.15, 0.2) is 4.80 Å². The third-order valence-electron chi connectivity index (χ3n) is 4.61. The van der Waals surface area contributed by atoms with Gasteiger partial charge in [-0.1, -0.05) is 50.3 Å². The van der Waals surface area contributed by atoms with E-state index in [-0.39, 0.29) is 11.3 Å². The Morgan fingerprint density at radius 2 is 1.79 bits per heavy atom. The van der Waals surface area contributed by atoms with Gasteiger partial charge in [0.2, 0.25) is 0 Å². The number of nitrogens with zero attached hydrogens (tertiary/aromatic N) is 2. The maximum atomic E-state index is 12.8. The molecule has 29 heavy (non-hydrogen) atoms. The van der Waals surface area contributed by atoms with Crippen LogP contribution in [0.1, 0.15) is 47.1 Å². The number of methoxy groups -OCH3 is 1. The van der Waals surface area contributed by atoms with Crippen LogP contribution in [0.2, 0.25) is 0 Å². The highest BCUT2D eigenvalue weighted by Crippen LogP contribution is 2.23. The molecule has 0 saturated heterocycles. The highest BCUT2D eigenvalue weighted by Gasteiger charge is 2.15. The maximum Gasteiger partial charge on any atom is 0.337 e. The number of rotatable bonds is 4. The largest absolute Gasteiger partial charge is 0.465 e. The number of fused-ring (bicyclic) bond motifs is 1. The van der Waals surface area contributed by atoms with E-state index in [1.54, 1.807) is 18.2 Å². The van der Waals surface area contributed by atoms with Gasteiger partial charge in [-0.3, -0.25) is 4.79 Å². The zero-order valence-corrected chi connectivity index (χ0v) is 17.9. The number of benzene rings is 2. The number of hydrogen-bond acceptors (Lipinski definition) is 4. The summed E-state index contributed by atoms with van der Waals surface area (Å²) in [5, 5.41) is 0. The molecule has 0 unspecified atom stereocenters. The number of thiazole rings is 1. The molecule has 1 aromatic heterocycles. The molecule has 0 aliphatic rings. The van der Waals surface area contributed by atoms with Crippen LogP contribution in [-0.2, 0) is 16.7 Å². The van der Waals surface area contributed by atoms with Gasteiger partial charge in [-0.05, 0) is 41.3 Å². The second-order valence-corrected chi connectivity index (χ2v) is 8.71. The smallest absolute Gasteiger partial charge is 0.337 e. The Kier molecular flexibility index (Phi) is 5.84. The first-order valence-electron chi connectivity index (χ1n) is 9.27. The van der Waals surface area contributed by atoms with Gasteiger partial charge < -0.3 is 9.30 Å². The van der Waals surface area contributed by atoms with Crippen molar-refractivity contribution >= 4 is 33.4 Å². The summed E-state index contributed by atoms with van der Waals surface area (Å²) in [5.41, 5.74) is 3.07. The molecular weight excluding hydrogens is 384 g/mol. The quantitative estimate of drug-likeness (QED) is 0.464. The fourth-order valence-electron chi connectivity index (χ4n) is 2.97. The molecule has 0 aliphatic heterocycles. The first-order chi connectivity index (χ1) is 13.7. The van der Waals surface area contributed by atoms with Crippen LogP contribution < -0.4 is 4.80 Å². The van der Waals surface area contributed by atoms with Crippen molar-refractivity contribution in [1.29, 1.82) is 0 Å². The molecule has 0 saturated carbocycles. The number of allylic oxidation sites excluding steroid dienone is 1. The molecule has 2 aromatic carbocycles. The SMILES string of the molecule is C=CCn1c(=NC(=O)c2ccc(C(C)(C)C)cc2)sc2cc(C(=O)OC)ccc21. The molecule has 6 heteroatoms. The summed E-state index contributed by atoms with van der Waals surface area (Å²) < 4.78 is 7.55. The Balaban J connectivity index is 2.05. The van der Waals surface area contributed by atoms with Gasteiger partial charge in [0.25, 0.3) is 5.91 Å². The molecule has 3 aromatic rings. The van der Waals surface area contributed by atoms with E-state index in [2.05, 4.69) is 32.3 Å². The lowest BCUT2D eigenvalue weighted by Crippen LogP contribution is -2.16. The van der Waals surface area contributed by atoms with Gasteiger partial charge in [-0.2, -0.15) is 4.99 Å². The lowest BCUT2D eigenvalue weighted by atomic mass is 9.87. The van der Waals surface area contributed by atoms with Crippen molar-refractivity contribution in [2.24, 2.45) is 4.99 Å². The van der Waals surface area contributed by atoms with Gasteiger partial charge in [-0.25, -0.2) is 4.79 Å². The minimum Gasteiger partial charge on any atom is -0.465 e. The Morgan fingerprint density at radius 3 is 2.38 bits per heavy atom. The standard InChI is InChI=1S/C23H24N2O3S/c1-6-13-25-18-12-9-16(21(27)28-5)14-19(18)29-22(25)24-20(26)15-7-10-17(11-8-15)23(2,3)4/h6-12,14H,1,13H2,2-5H3. The fraction of sp³-hybridized carbons (Fsp3) is 0.261. The van der Waals surface area contributed by atoms with E-state index in [1.807, 2.05) is 34.9 Å². The third kappa shape index (κ3) is 4.38. The van der Waals surface area contributed by atoms with E-state index in [4.69, 9.17) is 4.74 Å². The van der Waals surface area contributed by atoms with Crippen molar-refractivity contribution in [2.45, 2.75) is 32.7 Å². The van der Waals surface area contributed by atoms with E-state index >= 15 is 0 Å². The van der Waals surface area contributed by atoms with Crippen LogP contribution in [0.15, 0.2) is 60.1 Å². The van der Waals surface area contributed by atoms with Crippen molar-refractivity contribution in [3.63, 3.8) is 0 Å². The maximum absolute atomic E-state index is 12.8. The third-order valence-corrected chi connectivity index (χ3v) is 5.65. The second kappa shape index (κ2) is 8.17. The van der Waals surface area contributed by atoms with Crippen molar-refractivity contribution in [2.75, 3.05) is 7.11 Å². The summed E-state index contributed by atoms with van der Waals surface area (Å²) in [4.78, 5) is 29.5. The predicted molar refractivity (Wildman–Crippen MR) is 116 cm³/mol. The average Bonchev–Trinajstić information content (AvgIpc) is 3.03. The first kappa shape index (κ1) is 20.7. The van der Waals surface area contributed by atoms with Crippen molar-refractivity contribution < 1.29 is 14.3 Å². The Hall–Kier alpha value is -2.99. The molecule has 1 amide bonds. The fourth-order valence-corrected chi connectivity index (χ4v) is 4.05. The molecule has 0 fully saturated rings. The Bertz CT molecular complexity index is 1150. The first-order valence-corrected chi connectivity index (χ1v) is 10.1.